The number of phenols is 1. The number of nitrogens with zero attached hydrogens (tertiary/aromatic N) is 2. The van der Waals surface area contributed by atoms with Gasteiger partial charge in [0.25, 0.3) is 17.7 Å². The molecule has 9 heteroatoms. The van der Waals surface area contributed by atoms with E-state index in [1.54, 1.807) is 48.5 Å². The number of amides is 3. The van der Waals surface area contributed by atoms with E-state index in [1.165, 1.54) is 21.9 Å². The monoisotopic (exact) mass is 472 g/mol. The lowest BCUT2D eigenvalue weighted by molar-refractivity contribution is -0.132. The number of aromatic hydroxyl groups is 1. The Morgan fingerprint density at radius 1 is 0.800 bits per heavy atom. The van der Waals surface area contributed by atoms with Gasteiger partial charge < -0.3 is 24.6 Å². The number of phenolic OH excluding ortho intramolecular Hbond substituents is 1. The van der Waals surface area contributed by atoms with Crippen molar-refractivity contribution in [3.05, 3.63) is 82.9 Å². The summed E-state index contributed by atoms with van der Waals surface area (Å²) in [6.45, 7) is 0.244. The Bertz CT molecular complexity index is 1380. The van der Waals surface area contributed by atoms with Crippen molar-refractivity contribution in [3.8, 4) is 17.2 Å². The van der Waals surface area contributed by atoms with E-state index in [9.17, 15) is 24.6 Å². The molecule has 2 N–H and O–H groups in total. The van der Waals surface area contributed by atoms with Crippen LogP contribution in [0.25, 0.3) is 0 Å². The van der Waals surface area contributed by atoms with Crippen molar-refractivity contribution >= 4 is 23.4 Å². The Morgan fingerprint density at radius 2 is 1.40 bits per heavy atom. The summed E-state index contributed by atoms with van der Waals surface area (Å²) < 4.78 is 10.6. The number of ether oxygens (including phenoxy) is 2. The molecule has 3 heterocycles. The fraction of sp³-hybridized carbons (Fsp3) is 0.192. The van der Waals surface area contributed by atoms with Crippen molar-refractivity contribution in [2.75, 3.05) is 24.8 Å². The van der Waals surface area contributed by atoms with Crippen LogP contribution in [0.4, 0.5) is 5.69 Å². The number of rotatable bonds is 5. The van der Waals surface area contributed by atoms with Crippen LogP contribution in [0.2, 0.25) is 0 Å². The molecule has 3 aromatic carbocycles. The SMILES string of the molecule is O=C1c2ccccc2C(=O)N1CCCN1C(=O)C(O)(c2cc3c(cc2O)OCO3)c2ccccc21. The Kier molecular flexibility index (Phi) is 4.58. The number of anilines is 1. The summed E-state index contributed by atoms with van der Waals surface area (Å²) in [7, 11) is 0. The van der Waals surface area contributed by atoms with E-state index in [2.05, 4.69) is 0 Å². The molecule has 1 atom stereocenters. The summed E-state index contributed by atoms with van der Waals surface area (Å²) in [5.41, 5.74) is -0.612. The largest absolute Gasteiger partial charge is 0.507 e. The molecule has 0 spiro atoms. The van der Waals surface area contributed by atoms with Crippen LogP contribution in [0.3, 0.4) is 0 Å². The molecule has 9 nitrogen and oxygen atoms in total. The van der Waals surface area contributed by atoms with E-state index >= 15 is 0 Å². The zero-order valence-electron chi connectivity index (χ0n) is 18.4. The lowest BCUT2D eigenvalue weighted by Gasteiger charge is -2.25. The lowest BCUT2D eigenvalue weighted by Crippen LogP contribution is -2.42. The van der Waals surface area contributed by atoms with Crippen molar-refractivity contribution in [1.82, 2.24) is 4.90 Å². The average molecular weight is 472 g/mol. The van der Waals surface area contributed by atoms with Gasteiger partial charge in [0.1, 0.15) is 5.75 Å². The van der Waals surface area contributed by atoms with Crippen LogP contribution in [-0.2, 0) is 10.4 Å². The van der Waals surface area contributed by atoms with E-state index in [1.807, 2.05) is 0 Å². The predicted molar refractivity (Wildman–Crippen MR) is 122 cm³/mol. The normalized spacial score (nSPS) is 20.0. The molecular weight excluding hydrogens is 452 g/mol. The van der Waals surface area contributed by atoms with Crippen LogP contribution >= 0.6 is 0 Å². The van der Waals surface area contributed by atoms with Crippen molar-refractivity contribution in [1.29, 1.82) is 0 Å². The molecule has 3 aromatic rings. The standard InChI is InChI=1S/C26H20N2O7/c29-20-13-22-21(34-14-35-22)12-18(20)26(33)17-8-3-4-9-19(17)27(25(26)32)10-5-11-28-23(30)15-6-1-2-7-16(15)24(28)31/h1-4,6-9,12-13,29,33H,5,10-11,14H2. The van der Waals surface area contributed by atoms with Crippen molar-refractivity contribution in [3.63, 3.8) is 0 Å². The summed E-state index contributed by atoms with van der Waals surface area (Å²) in [4.78, 5) is 41.5. The van der Waals surface area contributed by atoms with Crippen molar-refractivity contribution in [2.24, 2.45) is 0 Å². The highest BCUT2D eigenvalue weighted by atomic mass is 16.7. The molecule has 0 saturated heterocycles. The first-order chi connectivity index (χ1) is 16.9. The van der Waals surface area contributed by atoms with Crippen LogP contribution in [0.15, 0.2) is 60.7 Å². The Balaban J connectivity index is 1.27. The molecule has 35 heavy (non-hydrogen) atoms. The number of carbonyl (C=O) groups is 3. The van der Waals surface area contributed by atoms with Gasteiger partial charge in [-0.25, -0.2) is 0 Å². The van der Waals surface area contributed by atoms with E-state index in [0.29, 0.717) is 40.3 Å². The smallest absolute Gasteiger partial charge is 0.268 e. The molecule has 176 valence electrons. The van der Waals surface area contributed by atoms with Gasteiger partial charge in [0, 0.05) is 30.3 Å². The van der Waals surface area contributed by atoms with E-state index in [4.69, 9.17) is 9.47 Å². The number of hydrogen-bond acceptors (Lipinski definition) is 7. The second-order valence-corrected chi connectivity index (χ2v) is 8.57. The summed E-state index contributed by atoms with van der Waals surface area (Å²) in [5, 5.41) is 22.4. The lowest BCUT2D eigenvalue weighted by atomic mass is 9.86. The summed E-state index contributed by atoms with van der Waals surface area (Å²) in [6, 6.07) is 16.2. The number of fused-ring (bicyclic) bond motifs is 3. The topological polar surface area (TPSA) is 117 Å². The number of para-hydroxylation sites is 1. The van der Waals surface area contributed by atoms with Gasteiger partial charge >= 0.3 is 0 Å². The zero-order chi connectivity index (χ0) is 24.3. The predicted octanol–water partition coefficient (Wildman–Crippen LogP) is 2.39. The Labute approximate surface area is 199 Å². The van der Waals surface area contributed by atoms with E-state index < -0.39 is 11.5 Å². The van der Waals surface area contributed by atoms with Crippen LogP contribution in [0, 0.1) is 0 Å². The maximum absolute atomic E-state index is 13.6. The number of benzene rings is 3. The van der Waals surface area contributed by atoms with Gasteiger partial charge in [-0.05, 0) is 30.7 Å². The van der Waals surface area contributed by atoms with Gasteiger partial charge in [-0.1, -0.05) is 30.3 Å². The molecule has 0 bridgehead atoms. The third-order valence-corrected chi connectivity index (χ3v) is 6.66. The van der Waals surface area contributed by atoms with Crippen LogP contribution in [0.5, 0.6) is 17.2 Å². The molecule has 0 saturated carbocycles. The van der Waals surface area contributed by atoms with Crippen LogP contribution < -0.4 is 14.4 Å². The second-order valence-electron chi connectivity index (χ2n) is 8.57. The van der Waals surface area contributed by atoms with Gasteiger partial charge in [-0.15, -0.1) is 0 Å². The summed E-state index contributed by atoms with van der Waals surface area (Å²) >= 11 is 0. The molecule has 0 fully saturated rings. The summed E-state index contributed by atoms with van der Waals surface area (Å²) in [6.07, 6.45) is 0.300. The van der Waals surface area contributed by atoms with Gasteiger partial charge in [0.2, 0.25) is 12.4 Å². The molecule has 0 aromatic heterocycles. The van der Waals surface area contributed by atoms with E-state index in [-0.39, 0.29) is 43.0 Å². The first-order valence-corrected chi connectivity index (χ1v) is 11.1. The quantitative estimate of drug-likeness (QED) is 0.548. The van der Waals surface area contributed by atoms with Crippen LogP contribution in [0.1, 0.15) is 38.3 Å². The fourth-order valence-electron chi connectivity index (χ4n) is 4.97. The minimum absolute atomic E-state index is 0.0120. The van der Waals surface area contributed by atoms with Crippen LogP contribution in [-0.4, -0.2) is 52.7 Å². The molecule has 3 aliphatic heterocycles. The molecule has 1 unspecified atom stereocenters. The Hall–Kier alpha value is -4.37. The first-order valence-electron chi connectivity index (χ1n) is 11.1. The molecular formula is C26H20N2O7. The second kappa shape index (κ2) is 7.57. The highest BCUT2D eigenvalue weighted by molar-refractivity contribution is 6.21. The Morgan fingerprint density at radius 3 is 2.11 bits per heavy atom. The van der Waals surface area contributed by atoms with Gasteiger partial charge in [-0.3, -0.25) is 19.3 Å². The number of hydrogen-bond donors (Lipinski definition) is 2. The third kappa shape index (κ3) is 2.95. The molecule has 3 aliphatic rings. The van der Waals surface area contributed by atoms with Gasteiger partial charge in [-0.2, -0.15) is 0 Å². The zero-order valence-corrected chi connectivity index (χ0v) is 18.4. The van der Waals surface area contributed by atoms with E-state index in [0.717, 1.165) is 0 Å². The maximum Gasteiger partial charge on any atom is 0.268 e. The molecule has 6 rings (SSSR count). The highest BCUT2D eigenvalue weighted by Crippen LogP contribution is 2.50. The first kappa shape index (κ1) is 21.2. The van der Waals surface area contributed by atoms with Crippen molar-refractivity contribution < 1.29 is 34.1 Å². The minimum atomic E-state index is -2.14. The number of aliphatic hydroxyl groups is 1. The average Bonchev–Trinajstić information content (AvgIpc) is 3.49. The van der Waals surface area contributed by atoms with Crippen molar-refractivity contribution in [2.45, 2.75) is 12.0 Å². The summed E-state index contributed by atoms with van der Waals surface area (Å²) in [5.74, 6) is -1.02. The molecule has 0 aliphatic carbocycles. The number of carbonyl (C=O) groups excluding carboxylic acids is 3. The fourth-order valence-corrected chi connectivity index (χ4v) is 4.97. The maximum atomic E-state index is 13.6. The van der Waals surface area contributed by atoms with Gasteiger partial charge in [0.05, 0.1) is 16.8 Å². The number of imide groups is 1. The third-order valence-electron chi connectivity index (χ3n) is 6.66. The minimum Gasteiger partial charge on any atom is -0.507 e. The highest BCUT2D eigenvalue weighted by Gasteiger charge is 2.52. The van der Waals surface area contributed by atoms with Gasteiger partial charge in [0.15, 0.2) is 11.5 Å². The molecule has 3 amide bonds. The molecule has 0 radical (unpaired) electrons.